The number of primary amides is 1. The van der Waals surface area contributed by atoms with E-state index in [9.17, 15) is 9.70 Å². The monoisotopic (exact) mass is 229 g/mol. The lowest BCUT2D eigenvalue weighted by Crippen LogP contribution is -2.19. The van der Waals surface area contributed by atoms with E-state index in [4.69, 9.17) is 5.73 Å². The van der Waals surface area contributed by atoms with E-state index in [2.05, 4.69) is 10.5 Å². The van der Waals surface area contributed by atoms with Crippen molar-refractivity contribution in [1.82, 2.24) is 0 Å². The van der Waals surface area contributed by atoms with Gasteiger partial charge in [0.1, 0.15) is 5.69 Å². The Balaban J connectivity index is 2.64. The van der Waals surface area contributed by atoms with Crippen LogP contribution in [0.15, 0.2) is 35.5 Å². The molecule has 0 aromatic heterocycles. The number of urea groups is 1. The summed E-state index contributed by atoms with van der Waals surface area (Å²) in [5, 5.41) is 7.07. The summed E-state index contributed by atoms with van der Waals surface area (Å²) in [6.45, 7) is 1.96. The molecule has 0 aliphatic carbocycles. The van der Waals surface area contributed by atoms with Crippen LogP contribution in [0.3, 0.4) is 0 Å². The first-order valence-corrected chi connectivity index (χ1v) is 5.04. The van der Waals surface area contributed by atoms with Gasteiger partial charge in [0.15, 0.2) is 0 Å². The maximum absolute atomic E-state index is 10.8. The van der Waals surface area contributed by atoms with E-state index in [0.717, 1.165) is 16.3 Å². The number of hydrogen-bond acceptors (Lipinski definition) is 3. The van der Waals surface area contributed by atoms with Crippen molar-refractivity contribution in [1.29, 1.82) is 0 Å². The van der Waals surface area contributed by atoms with E-state index < -0.39 is 6.03 Å². The van der Waals surface area contributed by atoms with E-state index >= 15 is 0 Å². The van der Waals surface area contributed by atoms with Gasteiger partial charge in [0.25, 0.3) is 0 Å². The van der Waals surface area contributed by atoms with Crippen LogP contribution < -0.4 is 11.1 Å². The van der Waals surface area contributed by atoms with Crippen LogP contribution in [0.4, 0.5) is 16.2 Å². The minimum Gasteiger partial charge on any atom is -0.351 e. The third-order valence-corrected chi connectivity index (χ3v) is 2.47. The van der Waals surface area contributed by atoms with Gasteiger partial charge < -0.3 is 11.1 Å². The van der Waals surface area contributed by atoms with Crippen molar-refractivity contribution in [3.05, 3.63) is 40.8 Å². The third kappa shape index (κ3) is 2.23. The lowest BCUT2D eigenvalue weighted by atomic mass is 10.1. The predicted octanol–water partition coefficient (Wildman–Crippen LogP) is 3.04. The van der Waals surface area contributed by atoms with Crippen molar-refractivity contribution in [2.75, 3.05) is 5.32 Å². The largest absolute Gasteiger partial charge is 0.351 e. The Labute approximate surface area is 97.6 Å². The van der Waals surface area contributed by atoms with E-state index in [1.54, 1.807) is 12.1 Å². The molecule has 0 aliphatic heterocycles. The molecule has 0 fully saturated rings. The highest BCUT2D eigenvalue weighted by molar-refractivity contribution is 5.97. The number of carbonyl (C=O) groups excluding carboxylic acids is 1. The van der Waals surface area contributed by atoms with E-state index in [0.29, 0.717) is 5.69 Å². The molecular formula is C12H11N3O2. The molecule has 5 nitrogen and oxygen atoms in total. The number of nitrogens with zero attached hydrogens (tertiary/aromatic N) is 1. The number of amides is 2. The Morgan fingerprint density at radius 2 is 2.00 bits per heavy atom. The summed E-state index contributed by atoms with van der Waals surface area (Å²) in [7, 11) is 0. The highest BCUT2D eigenvalue weighted by Gasteiger charge is 2.07. The molecule has 3 N–H and O–H groups in total. The van der Waals surface area contributed by atoms with Gasteiger partial charge in [-0.05, 0) is 35.0 Å². The molecule has 0 radical (unpaired) electrons. The standard InChI is InChI=1S/C12H11N3O2/c1-7-2-3-8-5-10(14-12(13)16)11(15-17)6-9(8)4-7/h2-6H,1H3,(H3,13,14,16). The molecule has 0 atom stereocenters. The maximum atomic E-state index is 10.8. The number of anilines is 1. The molecule has 17 heavy (non-hydrogen) atoms. The van der Waals surface area contributed by atoms with Crippen LogP contribution in [0.25, 0.3) is 10.8 Å². The number of benzene rings is 2. The van der Waals surface area contributed by atoms with Crippen LogP contribution in [0, 0.1) is 11.8 Å². The number of aryl methyl sites for hydroxylation is 1. The van der Waals surface area contributed by atoms with Crippen molar-refractivity contribution >= 4 is 28.2 Å². The number of hydrogen-bond donors (Lipinski definition) is 2. The zero-order valence-electron chi connectivity index (χ0n) is 9.23. The van der Waals surface area contributed by atoms with Gasteiger partial charge in [-0.15, -0.1) is 4.91 Å². The van der Waals surface area contributed by atoms with Crippen molar-refractivity contribution in [3.63, 3.8) is 0 Å². The zero-order valence-corrected chi connectivity index (χ0v) is 9.23. The molecular weight excluding hydrogens is 218 g/mol. The van der Waals surface area contributed by atoms with Crippen LogP contribution in [0.2, 0.25) is 0 Å². The lowest BCUT2D eigenvalue weighted by molar-refractivity contribution is 0.259. The fourth-order valence-electron chi connectivity index (χ4n) is 1.71. The Bertz CT molecular complexity index is 608. The molecule has 0 saturated carbocycles. The first-order valence-electron chi connectivity index (χ1n) is 5.04. The predicted molar refractivity (Wildman–Crippen MR) is 67.3 cm³/mol. The number of nitroso groups, excluding NO2 is 1. The highest BCUT2D eigenvalue weighted by Crippen LogP contribution is 2.30. The second kappa shape index (κ2) is 4.21. The molecule has 0 heterocycles. The fourth-order valence-corrected chi connectivity index (χ4v) is 1.71. The van der Waals surface area contributed by atoms with Gasteiger partial charge in [-0.1, -0.05) is 23.8 Å². The number of rotatable bonds is 2. The van der Waals surface area contributed by atoms with Gasteiger partial charge in [-0.25, -0.2) is 4.79 Å². The van der Waals surface area contributed by atoms with E-state index in [1.807, 2.05) is 25.1 Å². The van der Waals surface area contributed by atoms with Crippen molar-refractivity contribution in [2.45, 2.75) is 6.92 Å². The first-order chi connectivity index (χ1) is 8.10. The Kier molecular flexibility index (Phi) is 2.74. The molecule has 2 aromatic carbocycles. The second-order valence-corrected chi connectivity index (χ2v) is 3.80. The summed E-state index contributed by atoms with van der Waals surface area (Å²) in [5.41, 5.74) is 6.60. The summed E-state index contributed by atoms with van der Waals surface area (Å²) in [4.78, 5) is 21.5. The fraction of sp³-hybridized carbons (Fsp3) is 0.0833. The average Bonchev–Trinajstić information content (AvgIpc) is 2.28. The zero-order chi connectivity index (χ0) is 12.4. The number of nitrogens with two attached hydrogens (primary N) is 1. The van der Waals surface area contributed by atoms with Crippen LogP contribution in [0.1, 0.15) is 5.56 Å². The second-order valence-electron chi connectivity index (χ2n) is 3.80. The minimum atomic E-state index is -0.721. The number of nitrogens with one attached hydrogen (secondary N) is 1. The van der Waals surface area contributed by atoms with Crippen LogP contribution in [-0.4, -0.2) is 6.03 Å². The van der Waals surface area contributed by atoms with Crippen LogP contribution >= 0.6 is 0 Å². The van der Waals surface area contributed by atoms with Crippen molar-refractivity contribution in [3.8, 4) is 0 Å². The van der Waals surface area contributed by atoms with Crippen molar-refractivity contribution < 1.29 is 4.79 Å². The van der Waals surface area contributed by atoms with E-state index in [1.165, 1.54) is 0 Å². The normalized spacial score (nSPS) is 10.2. The molecule has 2 amide bonds. The Hall–Kier alpha value is -2.43. The maximum Gasteiger partial charge on any atom is 0.316 e. The first kappa shape index (κ1) is 11.1. The lowest BCUT2D eigenvalue weighted by Gasteiger charge is -2.07. The molecule has 0 spiro atoms. The van der Waals surface area contributed by atoms with Gasteiger partial charge in [-0.2, -0.15) is 0 Å². The molecule has 0 saturated heterocycles. The quantitative estimate of drug-likeness (QED) is 0.775. The van der Waals surface area contributed by atoms with Gasteiger partial charge in [0.2, 0.25) is 0 Å². The highest BCUT2D eigenvalue weighted by atomic mass is 16.3. The minimum absolute atomic E-state index is 0.168. The summed E-state index contributed by atoms with van der Waals surface area (Å²) in [6, 6.07) is 8.38. The van der Waals surface area contributed by atoms with Crippen molar-refractivity contribution in [2.24, 2.45) is 10.9 Å². The summed E-state index contributed by atoms with van der Waals surface area (Å²) >= 11 is 0. The SMILES string of the molecule is Cc1ccc2cc(NC(N)=O)c(N=O)cc2c1. The molecule has 0 bridgehead atoms. The summed E-state index contributed by atoms with van der Waals surface area (Å²) in [5.74, 6) is 0. The molecule has 5 heteroatoms. The summed E-state index contributed by atoms with van der Waals surface area (Å²) < 4.78 is 0. The topological polar surface area (TPSA) is 84.5 Å². The molecule has 2 aromatic rings. The molecule has 0 aliphatic rings. The smallest absolute Gasteiger partial charge is 0.316 e. The number of carbonyl (C=O) groups is 1. The third-order valence-electron chi connectivity index (χ3n) is 2.47. The van der Waals surface area contributed by atoms with Gasteiger partial charge in [0, 0.05) is 0 Å². The molecule has 0 unspecified atom stereocenters. The van der Waals surface area contributed by atoms with Gasteiger partial charge >= 0.3 is 6.03 Å². The average molecular weight is 229 g/mol. The van der Waals surface area contributed by atoms with Crippen LogP contribution in [-0.2, 0) is 0 Å². The van der Waals surface area contributed by atoms with Gasteiger partial charge in [-0.3, -0.25) is 0 Å². The van der Waals surface area contributed by atoms with E-state index in [-0.39, 0.29) is 5.69 Å². The Morgan fingerprint density at radius 3 is 2.65 bits per heavy atom. The summed E-state index contributed by atoms with van der Waals surface area (Å²) in [6.07, 6.45) is 0. The molecule has 2 rings (SSSR count). The van der Waals surface area contributed by atoms with Gasteiger partial charge in [0.05, 0.1) is 5.69 Å². The molecule has 86 valence electrons. The Morgan fingerprint density at radius 1 is 1.24 bits per heavy atom. The van der Waals surface area contributed by atoms with Crippen LogP contribution in [0.5, 0.6) is 0 Å². The number of fused-ring (bicyclic) bond motifs is 1.